The standard InChI is InChI=1S/C25H26N2O3S2/c28-24(20-31-25(21-10-4-1-5-11-21)22-12-6-2-7-13-22)26-16-18-27(19-17-26)32(29,30)23-14-8-3-9-15-23/h1-15,25H,16-20H2. The third-order valence-corrected chi connectivity index (χ3v) is 8.75. The van der Waals surface area contributed by atoms with E-state index in [1.165, 1.54) is 4.31 Å². The lowest BCUT2D eigenvalue weighted by molar-refractivity contribution is -0.129. The van der Waals surface area contributed by atoms with Crippen LogP contribution in [-0.2, 0) is 14.8 Å². The zero-order valence-corrected chi connectivity index (χ0v) is 19.3. The molecule has 4 rings (SSSR count). The van der Waals surface area contributed by atoms with Gasteiger partial charge in [0, 0.05) is 26.2 Å². The van der Waals surface area contributed by atoms with Crippen LogP contribution in [0.1, 0.15) is 16.4 Å². The van der Waals surface area contributed by atoms with Gasteiger partial charge in [0.2, 0.25) is 15.9 Å². The molecule has 7 heteroatoms. The minimum atomic E-state index is -3.52. The number of thioether (sulfide) groups is 1. The van der Waals surface area contributed by atoms with Gasteiger partial charge in [0.25, 0.3) is 0 Å². The second-order valence-corrected chi connectivity index (χ2v) is 10.6. The number of amides is 1. The van der Waals surface area contributed by atoms with Crippen LogP contribution in [0, 0.1) is 0 Å². The topological polar surface area (TPSA) is 57.7 Å². The lowest BCUT2D eigenvalue weighted by atomic mass is 10.0. The third kappa shape index (κ3) is 5.23. The van der Waals surface area contributed by atoms with Gasteiger partial charge in [-0.15, -0.1) is 11.8 Å². The van der Waals surface area contributed by atoms with E-state index >= 15 is 0 Å². The maximum absolute atomic E-state index is 12.9. The maximum atomic E-state index is 12.9. The Balaban J connectivity index is 1.37. The summed E-state index contributed by atoms with van der Waals surface area (Å²) < 4.78 is 27.1. The van der Waals surface area contributed by atoms with E-state index < -0.39 is 10.0 Å². The number of piperazine rings is 1. The van der Waals surface area contributed by atoms with Crippen molar-refractivity contribution in [3.63, 3.8) is 0 Å². The Bertz CT molecular complexity index is 1080. The summed E-state index contributed by atoms with van der Waals surface area (Å²) in [6.45, 7) is 1.45. The largest absolute Gasteiger partial charge is 0.339 e. The Morgan fingerprint density at radius 1 is 0.750 bits per heavy atom. The number of benzene rings is 3. The summed E-state index contributed by atoms with van der Waals surface area (Å²) in [6.07, 6.45) is 0. The second-order valence-electron chi connectivity index (χ2n) is 7.61. The van der Waals surface area contributed by atoms with Gasteiger partial charge in [0.15, 0.2) is 0 Å². The maximum Gasteiger partial charge on any atom is 0.243 e. The van der Waals surface area contributed by atoms with Crippen molar-refractivity contribution in [1.82, 2.24) is 9.21 Å². The fraction of sp³-hybridized carbons (Fsp3) is 0.240. The molecule has 0 bridgehead atoms. The normalized spacial score (nSPS) is 15.1. The van der Waals surface area contributed by atoms with Crippen molar-refractivity contribution >= 4 is 27.7 Å². The summed E-state index contributed by atoms with van der Waals surface area (Å²) in [5, 5.41) is 0.0705. The fourth-order valence-corrected chi connectivity index (χ4v) is 6.44. The summed E-state index contributed by atoms with van der Waals surface area (Å²) >= 11 is 1.61. The highest BCUT2D eigenvalue weighted by Gasteiger charge is 2.30. The average Bonchev–Trinajstić information content (AvgIpc) is 2.86. The highest BCUT2D eigenvalue weighted by molar-refractivity contribution is 8.00. The summed E-state index contributed by atoms with van der Waals surface area (Å²) in [6, 6.07) is 28.8. The fourth-order valence-electron chi connectivity index (χ4n) is 3.81. The van der Waals surface area contributed by atoms with E-state index in [0.717, 1.165) is 11.1 Å². The molecule has 0 radical (unpaired) electrons. The van der Waals surface area contributed by atoms with E-state index in [9.17, 15) is 13.2 Å². The van der Waals surface area contributed by atoms with Crippen LogP contribution in [0.5, 0.6) is 0 Å². The van der Waals surface area contributed by atoms with Crippen molar-refractivity contribution < 1.29 is 13.2 Å². The third-order valence-electron chi connectivity index (χ3n) is 5.55. The molecule has 1 saturated heterocycles. The number of hydrogen-bond donors (Lipinski definition) is 0. The van der Waals surface area contributed by atoms with Crippen LogP contribution in [0.3, 0.4) is 0 Å². The number of rotatable bonds is 7. The Morgan fingerprint density at radius 3 is 1.72 bits per heavy atom. The minimum Gasteiger partial charge on any atom is -0.339 e. The monoisotopic (exact) mass is 466 g/mol. The lowest BCUT2D eigenvalue weighted by Gasteiger charge is -2.34. The van der Waals surface area contributed by atoms with E-state index in [2.05, 4.69) is 24.3 Å². The minimum absolute atomic E-state index is 0.0450. The molecular weight excluding hydrogens is 440 g/mol. The van der Waals surface area contributed by atoms with Crippen molar-refractivity contribution in [2.24, 2.45) is 0 Å². The summed E-state index contributed by atoms with van der Waals surface area (Å²) in [5.74, 6) is 0.392. The Morgan fingerprint density at radius 2 is 1.22 bits per heavy atom. The van der Waals surface area contributed by atoms with Gasteiger partial charge in [0.1, 0.15) is 0 Å². The SMILES string of the molecule is O=C(CSC(c1ccccc1)c1ccccc1)N1CCN(S(=O)(=O)c2ccccc2)CC1. The van der Waals surface area contributed by atoms with Crippen molar-refractivity contribution in [2.45, 2.75) is 10.1 Å². The molecule has 3 aromatic carbocycles. The van der Waals surface area contributed by atoms with Crippen molar-refractivity contribution in [3.8, 4) is 0 Å². The van der Waals surface area contributed by atoms with E-state index in [4.69, 9.17) is 0 Å². The lowest BCUT2D eigenvalue weighted by Crippen LogP contribution is -2.51. The van der Waals surface area contributed by atoms with E-state index in [-0.39, 0.29) is 11.2 Å². The van der Waals surface area contributed by atoms with Crippen LogP contribution in [0.15, 0.2) is 95.9 Å². The molecule has 0 aliphatic carbocycles. The highest BCUT2D eigenvalue weighted by atomic mass is 32.2. The van der Waals surface area contributed by atoms with E-state index in [1.54, 1.807) is 47.0 Å². The van der Waals surface area contributed by atoms with Crippen LogP contribution in [-0.4, -0.2) is 55.5 Å². The predicted octanol–water partition coefficient (Wildman–Crippen LogP) is 4.04. The van der Waals surface area contributed by atoms with Crippen LogP contribution < -0.4 is 0 Å². The molecule has 1 heterocycles. The highest BCUT2D eigenvalue weighted by Crippen LogP contribution is 2.35. The molecule has 32 heavy (non-hydrogen) atoms. The number of carbonyl (C=O) groups excluding carboxylic acids is 1. The average molecular weight is 467 g/mol. The van der Waals surface area contributed by atoms with Crippen molar-refractivity contribution in [2.75, 3.05) is 31.9 Å². The van der Waals surface area contributed by atoms with Gasteiger partial charge in [-0.3, -0.25) is 4.79 Å². The predicted molar refractivity (Wildman–Crippen MR) is 129 cm³/mol. The quantitative estimate of drug-likeness (QED) is 0.527. The zero-order valence-electron chi connectivity index (χ0n) is 17.7. The smallest absolute Gasteiger partial charge is 0.243 e. The van der Waals surface area contributed by atoms with Gasteiger partial charge in [-0.2, -0.15) is 4.31 Å². The molecule has 0 spiro atoms. The Hall–Kier alpha value is -2.61. The first-order valence-corrected chi connectivity index (χ1v) is 13.1. The molecular formula is C25H26N2O3S2. The van der Waals surface area contributed by atoms with Gasteiger partial charge in [-0.1, -0.05) is 78.9 Å². The summed E-state index contributed by atoms with van der Waals surface area (Å²) in [4.78, 5) is 15.0. The van der Waals surface area contributed by atoms with Crippen LogP contribution >= 0.6 is 11.8 Å². The Kier molecular flexibility index (Phi) is 7.29. The molecule has 1 fully saturated rings. The number of sulfonamides is 1. The van der Waals surface area contributed by atoms with Crippen LogP contribution in [0.4, 0.5) is 0 Å². The number of hydrogen-bond acceptors (Lipinski definition) is 4. The van der Waals surface area contributed by atoms with E-state index in [1.807, 2.05) is 36.4 Å². The first-order chi connectivity index (χ1) is 15.6. The first kappa shape index (κ1) is 22.6. The van der Waals surface area contributed by atoms with Crippen LogP contribution in [0.2, 0.25) is 0 Å². The molecule has 3 aromatic rings. The molecule has 0 N–H and O–H groups in total. The first-order valence-electron chi connectivity index (χ1n) is 10.6. The molecule has 1 aliphatic heterocycles. The molecule has 0 unspecified atom stereocenters. The molecule has 0 aromatic heterocycles. The van der Waals surface area contributed by atoms with Gasteiger partial charge < -0.3 is 4.90 Å². The molecule has 5 nitrogen and oxygen atoms in total. The molecule has 1 amide bonds. The molecule has 1 aliphatic rings. The number of nitrogens with zero attached hydrogens (tertiary/aromatic N) is 2. The van der Waals surface area contributed by atoms with E-state index in [0.29, 0.717) is 36.8 Å². The van der Waals surface area contributed by atoms with Gasteiger partial charge in [-0.25, -0.2) is 8.42 Å². The zero-order chi connectivity index (χ0) is 22.4. The molecule has 0 atom stereocenters. The van der Waals surface area contributed by atoms with Gasteiger partial charge in [0.05, 0.1) is 15.9 Å². The van der Waals surface area contributed by atoms with Crippen molar-refractivity contribution in [1.29, 1.82) is 0 Å². The van der Waals surface area contributed by atoms with Crippen molar-refractivity contribution in [3.05, 3.63) is 102 Å². The summed E-state index contributed by atoms with van der Waals surface area (Å²) in [7, 11) is -3.52. The van der Waals surface area contributed by atoms with Gasteiger partial charge >= 0.3 is 0 Å². The van der Waals surface area contributed by atoms with Gasteiger partial charge in [-0.05, 0) is 23.3 Å². The summed E-state index contributed by atoms with van der Waals surface area (Å²) in [5.41, 5.74) is 2.32. The Labute approximate surface area is 194 Å². The van der Waals surface area contributed by atoms with Crippen LogP contribution in [0.25, 0.3) is 0 Å². The second kappa shape index (κ2) is 10.3. The number of carbonyl (C=O) groups is 1. The molecule has 0 saturated carbocycles. The molecule has 166 valence electrons.